The van der Waals surface area contributed by atoms with Gasteiger partial charge in [-0.05, 0) is 25.8 Å². The fourth-order valence-corrected chi connectivity index (χ4v) is 3.07. The van der Waals surface area contributed by atoms with Crippen LogP contribution in [0.2, 0.25) is 0 Å². The van der Waals surface area contributed by atoms with Crippen LogP contribution in [0.3, 0.4) is 0 Å². The van der Waals surface area contributed by atoms with Gasteiger partial charge in [-0.1, -0.05) is 18.2 Å². The smallest absolute Gasteiger partial charge is 0.238 e. The third kappa shape index (κ3) is 5.00. The average Bonchev–Trinajstić information content (AvgIpc) is 2.49. The zero-order valence-corrected chi connectivity index (χ0v) is 14.3. The van der Waals surface area contributed by atoms with Crippen LogP contribution in [-0.2, 0) is 21.2 Å². The Hall–Kier alpha value is -1.47. The van der Waals surface area contributed by atoms with Crippen molar-refractivity contribution in [3.8, 4) is 0 Å². The van der Waals surface area contributed by atoms with Gasteiger partial charge in [0.15, 0.2) is 9.84 Å². The monoisotopic (exact) mass is 342 g/mol. The third-order valence-corrected chi connectivity index (χ3v) is 5.80. The van der Waals surface area contributed by atoms with Crippen LogP contribution in [-0.4, -0.2) is 49.9 Å². The predicted octanol–water partition coefficient (Wildman–Crippen LogP) is 1.34. The Bertz CT molecular complexity index is 655. The largest absolute Gasteiger partial charge is 0.352 e. The SMILES string of the molecule is C[C@@H](C(=O)NC1CCN(Cc2ccccc2F)CC1)S(C)(=O)=O. The second-order valence-electron chi connectivity index (χ2n) is 6.12. The molecule has 1 aliphatic rings. The molecule has 0 spiro atoms. The molecule has 1 aliphatic heterocycles. The molecule has 128 valence electrons. The maximum Gasteiger partial charge on any atom is 0.238 e. The Morgan fingerprint density at radius 3 is 2.52 bits per heavy atom. The van der Waals surface area contributed by atoms with Gasteiger partial charge < -0.3 is 5.32 Å². The average molecular weight is 342 g/mol. The summed E-state index contributed by atoms with van der Waals surface area (Å²) in [6.07, 6.45) is 2.53. The second-order valence-corrected chi connectivity index (χ2v) is 8.49. The first-order valence-electron chi connectivity index (χ1n) is 7.72. The lowest BCUT2D eigenvalue weighted by Crippen LogP contribution is -2.48. The molecular formula is C16H23FN2O3S. The summed E-state index contributed by atoms with van der Waals surface area (Å²) in [5.41, 5.74) is 0.667. The Kier molecular flexibility index (Phi) is 5.75. The molecule has 0 radical (unpaired) electrons. The number of hydrogen-bond acceptors (Lipinski definition) is 4. The highest BCUT2D eigenvalue weighted by Gasteiger charge is 2.27. The van der Waals surface area contributed by atoms with E-state index in [4.69, 9.17) is 0 Å². The van der Waals surface area contributed by atoms with Crippen LogP contribution in [0.5, 0.6) is 0 Å². The fourth-order valence-electron chi connectivity index (χ4n) is 2.62. The number of hydrogen-bond donors (Lipinski definition) is 1. The number of nitrogens with zero attached hydrogens (tertiary/aromatic N) is 1. The van der Waals surface area contributed by atoms with Gasteiger partial charge in [-0.3, -0.25) is 9.69 Å². The zero-order chi connectivity index (χ0) is 17.0. The van der Waals surface area contributed by atoms with Crippen LogP contribution in [0.25, 0.3) is 0 Å². The Morgan fingerprint density at radius 1 is 1.35 bits per heavy atom. The van der Waals surface area contributed by atoms with E-state index in [1.807, 2.05) is 6.07 Å². The first-order chi connectivity index (χ1) is 10.8. The Balaban J connectivity index is 1.82. The van der Waals surface area contributed by atoms with Gasteiger partial charge >= 0.3 is 0 Å². The number of halogens is 1. The molecule has 1 amide bonds. The molecule has 0 bridgehead atoms. The lowest BCUT2D eigenvalue weighted by atomic mass is 10.0. The summed E-state index contributed by atoms with van der Waals surface area (Å²) in [6.45, 7) is 3.43. The van der Waals surface area contributed by atoms with E-state index >= 15 is 0 Å². The number of sulfone groups is 1. The summed E-state index contributed by atoms with van der Waals surface area (Å²) < 4.78 is 36.4. The lowest BCUT2D eigenvalue weighted by molar-refractivity contribution is -0.121. The fraction of sp³-hybridized carbons (Fsp3) is 0.562. The van der Waals surface area contributed by atoms with E-state index < -0.39 is 21.0 Å². The number of benzene rings is 1. The van der Waals surface area contributed by atoms with Crippen molar-refractivity contribution in [2.75, 3.05) is 19.3 Å². The number of nitrogens with one attached hydrogen (secondary N) is 1. The molecule has 2 rings (SSSR count). The molecule has 1 heterocycles. The predicted molar refractivity (Wildman–Crippen MR) is 87.1 cm³/mol. The normalized spacial score (nSPS) is 18.6. The van der Waals surface area contributed by atoms with Crippen molar-refractivity contribution in [1.82, 2.24) is 10.2 Å². The van der Waals surface area contributed by atoms with Crippen molar-refractivity contribution in [2.45, 2.75) is 37.6 Å². The van der Waals surface area contributed by atoms with Gasteiger partial charge in [-0.15, -0.1) is 0 Å². The van der Waals surface area contributed by atoms with Gasteiger partial charge in [0.25, 0.3) is 0 Å². The molecule has 1 atom stereocenters. The molecule has 1 aromatic rings. The number of likely N-dealkylation sites (tertiary alicyclic amines) is 1. The molecule has 5 nitrogen and oxygen atoms in total. The van der Waals surface area contributed by atoms with Crippen LogP contribution in [0, 0.1) is 5.82 Å². The molecular weight excluding hydrogens is 319 g/mol. The van der Waals surface area contributed by atoms with E-state index in [2.05, 4.69) is 10.2 Å². The zero-order valence-electron chi connectivity index (χ0n) is 13.5. The number of carbonyl (C=O) groups is 1. The molecule has 0 aliphatic carbocycles. The molecule has 23 heavy (non-hydrogen) atoms. The molecule has 1 N–H and O–H groups in total. The third-order valence-electron chi connectivity index (χ3n) is 4.30. The van der Waals surface area contributed by atoms with Crippen LogP contribution in [0.15, 0.2) is 24.3 Å². The van der Waals surface area contributed by atoms with E-state index in [0.717, 1.165) is 32.2 Å². The van der Waals surface area contributed by atoms with Gasteiger partial charge in [0.05, 0.1) is 0 Å². The van der Waals surface area contributed by atoms with Crippen LogP contribution >= 0.6 is 0 Å². The van der Waals surface area contributed by atoms with Crippen molar-refractivity contribution in [3.05, 3.63) is 35.6 Å². The summed E-state index contributed by atoms with van der Waals surface area (Å²) in [5, 5.41) is 1.77. The minimum absolute atomic E-state index is 0.0245. The molecule has 1 aromatic carbocycles. The Morgan fingerprint density at radius 2 is 1.96 bits per heavy atom. The van der Waals surface area contributed by atoms with Crippen molar-refractivity contribution >= 4 is 15.7 Å². The lowest BCUT2D eigenvalue weighted by Gasteiger charge is -2.32. The molecule has 0 unspecified atom stereocenters. The van der Waals surface area contributed by atoms with E-state index in [1.54, 1.807) is 12.1 Å². The Labute approximate surface area is 136 Å². The van der Waals surface area contributed by atoms with Crippen molar-refractivity contribution in [2.24, 2.45) is 0 Å². The minimum atomic E-state index is -3.37. The van der Waals surface area contributed by atoms with Crippen molar-refractivity contribution in [3.63, 3.8) is 0 Å². The van der Waals surface area contributed by atoms with Crippen LogP contribution in [0.4, 0.5) is 4.39 Å². The maximum atomic E-state index is 13.7. The van der Waals surface area contributed by atoms with Gasteiger partial charge in [0.1, 0.15) is 11.1 Å². The van der Waals surface area contributed by atoms with Gasteiger partial charge in [-0.2, -0.15) is 0 Å². The number of piperidine rings is 1. The topological polar surface area (TPSA) is 66.5 Å². The molecule has 1 fully saturated rings. The van der Waals surface area contributed by atoms with E-state index in [0.29, 0.717) is 12.1 Å². The first kappa shape index (κ1) is 17.9. The van der Waals surface area contributed by atoms with Gasteiger partial charge in [0, 0.05) is 37.5 Å². The standard InChI is InChI=1S/C16H23FN2O3S/c1-12(23(2,21)22)16(20)18-14-7-9-19(10-8-14)11-13-5-3-4-6-15(13)17/h3-6,12,14H,7-11H2,1-2H3,(H,18,20)/t12-/m0/s1. The summed E-state index contributed by atoms with van der Waals surface area (Å²) >= 11 is 0. The minimum Gasteiger partial charge on any atom is -0.352 e. The quantitative estimate of drug-likeness (QED) is 0.877. The summed E-state index contributed by atoms with van der Waals surface area (Å²) in [5.74, 6) is -0.648. The molecule has 1 saturated heterocycles. The second kappa shape index (κ2) is 7.40. The van der Waals surface area contributed by atoms with E-state index in [9.17, 15) is 17.6 Å². The highest BCUT2D eigenvalue weighted by Crippen LogP contribution is 2.16. The van der Waals surface area contributed by atoms with E-state index in [1.165, 1.54) is 13.0 Å². The van der Waals surface area contributed by atoms with Crippen molar-refractivity contribution in [1.29, 1.82) is 0 Å². The van der Waals surface area contributed by atoms with Gasteiger partial charge in [0.2, 0.25) is 5.91 Å². The van der Waals surface area contributed by atoms with E-state index in [-0.39, 0.29) is 11.9 Å². The summed E-state index contributed by atoms with van der Waals surface area (Å²) in [4.78, 5) is 14.1. The van der Waals surface area contributed by atoms with Gasteiger partial charge in [-0.25, -0.2) is 12.8 Å². The summed E-state index contributed by atoms with van der Waals surface area (Å²) in [7, 11) is -3.37. The number of carbonyl (C=O) groups excluding carboxylic acids is 1. The molecule has 7 heteroatoms. The number of amides is 1. The highest BCUT2D eigenvalue weighted by molar-refractivity contribution is 7.92. The van der Waals surface area contributed by atoms with Crippen molar-refractivity contribution < 1.29 is 17.6 Å². The highest BCUT2D eigenvalue weighted by atomic mass is 32.2. The summed E-state index contributed by atoms with van der Waals surface area (Å²) in [6, 6.07) is 6.69. The molecule has 0 aromatic heterocycles. The number of rotatable bonds is 5. The first-order valence-corrected chi connectivity index (χ1v) is 9.68. The molecule has 0 saturated carbocycles. The van der Waals surface area contributed by atoms with Crippen LogP contribution < -0.4 is 5.32 Å². The van der Waals surface area contributed by atoms with Crippen LogP contribution in [0.1, 0.15) is 25.3 Å². The maximum absolute atomic E-state index is 13.7.